The summed E-state index contributed by atoms with van der Waals surface area (Å²) >= 11 is 6.04. The molecule has 1 N–H and O–H groups in total. The molecule has 6 rings (SSSR count). The predicted molar refractivity (Wildman–Crippen MR) is 125 cm³/mol. The number of aromatic nitrogens is 6. The summed E-state index contributed by atoms with van der Waals surface area (Å²) in [6.45, 7) is 0. The highest BCUT2D eigenvalue weighted by Crippen LogP contribution is 2.40. The van der Waals surface area contributed by atoms with Crippen molar-refractivity contribution in [1.82, 2.24) is 28.7 Å². The molecule has 0 spiro atoms. The third-order valence-corrected chi connectivity index (χ3v) is 6.24. The fraction of sp³-hybridized carbons (Fsp3) is 0.208. The molecule has 5 heterocycles. The van der Waals surface area contributed by atoms with E-state index in [-0.39, 0.29) is 12.2 Å². The number of nitrogens with one attached hydrogen (secondary N) is 1. The molecule has 5 aromatic heterocycles. The van der Waals surface area contributed by atoms with Gasteiger partial charge in [0.25, 0.3) is 0 Å². The average Bonchev–Trinajstić information content (AvgIpc) is 3.49. The molecular weight excluding hydrogens is 476 g/mol. The van der Waals surface area contributed by atoms with Gasteiger partial charge in [-0.25, -0.2) is 19.9 Å². The largest absolute Gasteiger partial charge is 0.333 e. The third kappa shape index (κ3) is 4.10. The van der Waals surface area contributed by atoms with Crippen molar-refractivity contribution < 1.29 is 13.6 Å². The Kier molecular flexibility index (Phi) is 4.99. The summed E-state index contributed by atoms with van der Waals surface area (Å²) in [5.41, 5.74) is 1.73. The fourth-order valence-corrected chi connectivity index (χ4v) is 4.20. The molecule has 0 radical (unpaired) electrons. The molecule has 5 aromatic rings. The van der Waals surface area contributed by atoms with Crippen LogP contribution in [0, 0.1) is 0 Å². The molecule has 0 unspecified atom stereocenters. The van der Waals surface area contributed by atoms with Gasteiger partial charge in [-0.05, 0) is 42.5 Å². The van der Waals surface area contributed by atoms with Gasteiger partial charge in [-0.1, -0.05) is 17.7 Å². The summed E-state index contributed by atoms with van der Waals surface area (Å²) in [7, 11) is 0. The lowest BCUT2D eigenvalue weighted by atomic mass is 10.1. The van der Waals surface area contributed by atoms with Gasteiger partial charge in [-0.3, -0.25) is 4.79 Å². The van der Waals surface area contributed by atoms with E-state index in [0.29, 0.717) is 27.8 Å². The van der Waals surface area contributed by atoms with Crippen LogP contribution in [0.2, 0.25) is 5.02 Å². The summed E-state index contributed by atoms with van der Waals surface area (Å²) in [4.78, 5) is 28.6. The minimum atomic E-state index is -3.48. The Morgan fingerprint density at radius 1 is 1.09 bits per heavy atom. The molecule has 1 fully saturated rings. The van der Waals surface area contributed by atoms with E-state index in [1.54, 1.807) is 39.5 Å². The molecular formula is C24H18ClF2N7O. The van der Waals surface area contributed by atoms with Crippen LogP contribution in [0.1, 0.15) is 41.4 Å². The molecule has 0 saturated heterocycles. The van der Waals surface area contributed by atoms with Crippen LogP contribution in [0.3, 0.4) is 0 Å². The second-order valence-electron chi connectivity index (χ2n) is 8.54. The maximum atomic E-state index is 15.3. The first kappa shape index (κ1) is 21.6. The SMILES string of the molecule is O=C(Cc1ncn2ccc(Cl)cc12)Nc1cc(C(F)(F)c2cn3cc(C4CC4)ccc3n2)ncn1. The Labute approximate surface area is 202 Å². The van der Waals surface area contributed by atoms with E-state index in [2.05, 4.69) is 25.3 Å². The number of hydrogen-bond donors (Lipinski definition) is 1. The number of anilines is 1. The number of rotatable bonds is 6. The quantitative estimate of drug-likeness (QED) is 0.372. The maximum absolute atomic E-state index is 15.3. The number of amides is 1. The number of alkyl halides is 2. The van der Waals surface area contributed by atoms with Crippen LogP contribution in [-0.4, -0.2) is 34.6 Å². The van der Waals surface area contributed by atoms with E-state index in [4.69, 9.17) is 11.6 Å². The zero-order chi connectivity index (χ0) is 24.2. The van der Waals surface area contributed by atoms with Crippen molar-refractivity contribution in [3.8, 4) is 0 Å². The van der Waals surface area contributed by atoms with Crippen molar-refractivity contribution >= 4 is 34.5 Å². The van der Waals surface area contributed by atoms with E-state index in [0.717, 1.165) is 30.8 Å². The van der Waals surface area contributed by atoms with Gasteiger partial charge in [-0.15, -0.1) is 0 Å². The Morgan fingerprint density at radius 2 is 1.94 bits per heavy atom. The van der Waals surface area contributed by atoms with Gasteiger partial charge in [0.2, 0.25) is 5.91 Å². The topological polar surface area (TPSA) is 89.5 Å². The van der Waals surface area contributed by atoms with E-state index in [1.807, 2.05) is 12.3 Å². The Hall–Kier alpha value is -3.92. The molecule has 8 nitrogen and oxygen atoms in total. The molecule has 0 aliphatic heterocycles. The fourth-order valence-electron chi connectivity index (χ4n) is 4.04. The lowest BCUT2D eigenvalue weighted by Gasteiger charge is -2.13. The highest BCUT2D eigenvalue weighted by Gasteiger charge is 2.39. The average molecular weight is 494 g/mol. The molecule has 11 heteroatoms. The maximum Gasteiger partial charge on any atom is 0.333 e. The number of nitrogens with zero attached hydrogens (tertiary/aromatic N) is 6. The van der Waals surface area contributed by atoms with E-state index >= 15 is 8.78 Å². The monoisotopic (exact) mass is 493 g/mol. The van der Waals surface area contributed by atoms with Crippen LogP contribution in [0.5, 0.6) is 0 Å². The zero-order valence-corrected chi connectivity index (χ0v) is 19.0. The van der Waals surface area contributed by atoms with Crippen molar-refractivity contribution in [3.05, 3.63) is 89.2 Å². The van der Waals surface area contributed by atoms with Crippen molar-refractivity contribution in [3.63, 3.8) is 0 Å². The second kappa shape index (κ2) is 8.09. The zero-order valence-electron chi connectivity index (χ0n) is 18.2. The second-order valence-corrected chi connectivity index (χ2v) is 8.98. The van der Waals surface area contributed by atoms with Crippen molar-refractivity contribution in [1.29, 1.82) is 0 Å². The molecule has 0 bridgehead atoms. The highest BCUT2D eigenvalue weighted by molar-refractivity contribution is 6.30. The highest BCUT2D eigenvalue weighted by atomic mass is 35.5. The van der Waals surface area contributed by atoms with Crippen molar-refractivity contribution in [2.45, 2.75) is 31.1 Å². The number of pyridine rings is 2. The smallest absolute Gasteiger partial charge is 0.310 e. The number of halogens is 3. The summed E-state index contributed by atoms with van der Waals surface area (Å²) in [6.07, 6.45) is 9.60. The molecule has 0 aromatic carbocycles. The predicted octanol–water partition coefficient (Wildman–Crippen LogP) is 4.62. The van der Waals surface area contributed by atoms with Gasteiger partial charge in [0, 0.05) is 29.7 Å². The van der Waals surface area contributed by atoms with Gasteiger partial charge in [0.15, 0.2) is 0 Å². The molecule has 176 valence electrons. The number of hydrogen-bond acceptors (Lipinski definition) is 5. The van der Waals surface area contributed by atoms with Gasteiger partial charge >= 0.3 is 5.92 Å². The minimum absolute atomic E-state index is 0.0407. The first-order valence-corrected chi connectivity index (χ1v) is 11.3. The number of imidazole rings is 2. The summed E-state index contributed by atoms with van der Waals surface area (Å²) in [5, 5.41) is 3.06. The molecule has 1 amide bonds. The molecule has 0 atom stereocenters. The third-order valence-electron chi connectivity index (χ3n) is 6.01. The van der Waals surface area contributed by atoms with Gasteiger partial charge in [0.05, 0.1) is 24.0 Å². The van der Waals surface area contributed by atoms with E-state index in [1.165, 1.54) is 6.20 Å². The van der Waals surface area contributed by atoms with Crippen LogP contribution in [0.15, 0.2) is 61.6 Å². The lowest BCUT2D eigenvalue weighted by Crippen LogP contribution is -2.20. The molecule has 1 aliphatic rings. The molecule has 35 heavy (non-hydrogen) atoms. The van der Waals surface area contributed by atoms with Crippen molar-refractivity contribution in [2.75, 3.05) is 5.32 Å². The minimum Gasteiger partial charge on any atom is -0.310 e. The number of carbonyl (C=O) groups excluding carboxylic acids is 1. The van der Waals surface area contributed by atoms with Gasteiger partial charge in [-0.2, -0.15) is 8.78 Å². The Morgan fingerprint density at radius 3 is 2.77 bits per heavy atom. The summed E-state index contributed by atoms with van der Waals surface area (Å²) in [6, 6.07) is 8.13. The standard InChI is InChI=1S/C24H18ClF2N7O/c25-16-5-6-33-13-30-17(18(33)7-16)8-23(35)32-21-9-19(28-12-29-21)24(26,27)20-11-34-10-15(14-1-2-14)3-4-22(34)31-20/h3-7,9-14H,1-2,8H2,(H,28,29,32,35). The van der Waals surface area contributed by atoms with Gasteiger partial charge < -0.3 is 14.1 Å². The first-order valence-electron chi connectivity index (χ1n) is 11.0. The van der Waals surface area contributed by atoms with Gasteiger partial charge in [0.1, 0.15) is 29.2 Å². The van der Waals surface area contributed by atoms with E-state index < -0.39 is 23.2 Å². The van der Waals surface area contributed by atoms with E-state index in [9.17, 15) is 4.79 Å². The van der Waals surface area contributed by atoms with Crippen molar-refractivity contribution in [2.24, 2.45) is 0 Å². The lowest BCUT2D eigenvalue weighted by molar-refractivity contribution is -0.115. The first-order chi connectivity index (χ1) is 16.9. The summed E-state index contributed by atoms with van der Waals surface area (Å²) < 4.78 is 34.0. The number of carbonyl (C=O) groups is 1. The molecule has 1 saturated carbocycles. The normalized spacial score (nSPS) is 14.0. The van der Waals surface area contributed by atoms with Crippen LogP contribution < -0.4 is 5.32 Å². The van der Waals surface area contributed by atoms with Crippen LogP contribution in [-0.2, 0) is 17.1 Å². The summed E-state index contributed by atoms with van der Waals surface area (Å²) in [5.74, 6) is -3.49. The van der Waals surface area contributed by atoms with Crippen LogP contribution in [0.4, 0.5) is 14.6 Å². The molecule has 1 aliphatic carbocycles. The Balaban J connectivity index is 1.22. The van der Waals surface area contributed by atoms with Crippen LogP contribution >= 0.6 is 11.6 Å². The Bertz CT molecular complexity index is 1590. The van der Waals surface area contributed by atoms with Crippen LogP contribution in [0.25, 0.3) is 11.2 Å². The number of fused-ring (bicyclic) bond motifs is 2.